The average Bonchev–Trinajstić information content (AvgIpc) is 3.20. The fourth-order valence-electron chi connectivity index (χ4n) is 4.14. The number of hydrogen-bond acceptors (Lipinski definition) is 5. The Morgan fingerprint density at radius 1 is 1.10 bits per heavy atom. The number of ether oxygens (including phenoxy) is 1. The molecule has 206 valence electrons. The molecule has 1 amide bonds. The van der Waals surface area contributed by atoms with Crippen LogP contribution in [0.25, 0.3) is 16.7 Å². The van der Waals surface area contributed by atoms with Gasteiger partial charge in [0.15, 0.2) is 0 Å². The summed E-state index contributed by atoms with van der Waals surface area (Å²) in [6, 6.07) is 15.4. The van der Waals surface area contributed by atoms with Crippen molar-refractivity contribution in [2.45, 2.75) is 50.8 Å². The molecule has 0 saturated carbocycles. The van der Waals surface area contributed by atoms with E-state index in [-0.39, 0.29) is 10.4 Å². The molecule has 0 spiro atoms. The number of nitrogens with zero attached hydrogens (tertiary/aromatic N) is 2. The van der Waals surface area contributed by atoms with Gasteiger partial charge in [-0.3, -0.25) is 4.57 Å². The lowest BCUT2D eigenvalue weighted by Crippen LogP contribution is -2.33. The van der Waals surface area contributed by atoms with Crippen molar-refractivity contribution in [3.05, 3.63) is 88.2 Å². The number of halogens is 4. The molecule has 4 rings (SSSR count). The molecule has 1 heterocycles. The summed E-state index contributed by atoms with van der Waals surface area (Å²) in [6.07, 6.45) is -5.56. The van der Waals surface area contributed by atoms with Crippen molar-refractivity contribution < 1.29 is 31.1 Å². The van der Waals surface area contributed by atoms with Gasteiger partial charge in [0.25, 0.3) is 10.0 Å². The number of rotatable bonds is 7. The monoisotopic (exact) mass is 579 g/mol. The first kappa shape index (κ1) is 28.4. The largest absolute Gasteiger partial charge is 0.445 e. The molecule has 39 heavy (non-hydrogen) atoms. The molecule has 12 heteroatoms. The van der Waals surface area contributed by atoms with Gasteiger partial charge in [-0.2, -0.15) is 13.2 Å². The Balaban J connectivity index is 1.48. The van der Waals surface area contributed by atoms with Gasteiger partial charge >= 0.3 is 12.3 Å². The van der Waals surface area contributed by atoms with Gasteiger partial charge in [-0.15, -0.1) is 0 Å². The van der Waals surface area contributed by atoms with Crippen molar-refractivity contribution in [1.29, 1.82) is 0 Å². The fourth-order valence-corrected chi connectivity index (χ4v) is 5.28. The summed E-state index contributed by atoms with van der Waals surface area (Å²) in [5.41, 5.74) is 2.03. The number of carbonyl (C=O) groups excluding carboxylic acids is 1. The maximum absolute atomic E-state index is 13.3. The van der Waals surface area contributed by atoms with Crippen LogP contribution in [-0.2, 0) is 33.8 Å². The predicted octanol–water partition coefficient (Wildman–Crippen LogP) is 6.61. The van der Waals surface area contributed by atoms with Gasteiger partial charge in [-0.25, -0.2) is 22.9 Å². The number of nitrogens with one attached hydrogen (secondary N) is 1. The van der Waals surface area contributed by atoms with Crippen LogP contribution in [0.3, 0.4) is 0 Å². The summed E-state index contributed by atoms with van der Waals surface area (Å²) in [7, 11) is -4.07. The first-order valence-corrected chi connectivity index (χ1v) is 13.8. The lowest BCUT2D eigenvalue weighted by molar-refractivity contribution is -0.137. The van der Waals surface area contributed by atoms with E-state index in [0.29, 0.717) is 29.9 Å². The molecule has 1 N–H and O–H groups in total. The van der Waals surface area contributed by atoms with Crippen molar-refractivity contribution in [1.82, 2.24) is 14.3 Å². The van der Waals surface area contributed by atoms with Crippen LogP contribution in [0.15, 0.2) is 65.6 Å². The normalized spacial score (nSPS) is 12.9. The van der Waals surface area contributed by atoms with Gasteiger partial charge in [-0.05, 0) is 55.8 Å². The van der Waals surface area contributed by atoms with Crippen LogP contribution in [0, 0.1) is 6.92 Å². The minimum atomic E-state index is -4.59. The van der Waals surface area contributed by atoms with E-state index in [2.05, 4.69) is 4.98 Å². The van der Waals surface area contributed by atoms with Crippen molar-refractivity contribution in [3.8, 4) is 5.69 Å². The Kier molecular flexibility index (Phi) is 7.94. The first-order valence-electron chi connectivity index (χ1n) is 12.0. The number of fused-ring (bicyclic) bond motifs is 1. The molecule has 0 aliphatic heterocycles. The molecule has 4 aromatic rings. The molecule has 0 aliphatic rings. The Morgan fingerprint density at radius 3 is 2.33 bits per heavy atom. The van der Waals surface area contributed by atoms with Crippen LogP contribution in [-0.4, -0.2) is 30.2 Å². The molecule has 1 atom stereocenters. The van der Waals surface area contributed by atoms with E-state index in [1.54, 1.807) is 47.9 Å². The summed E-state index contributed by atoms with van der Waals surface area (Å²) in [4.78, 5) is 16.5. The van der Waals surface area contributed by atoms with Gasteiger partial charge in [0, 0.05) is 18.5 Å². The van der Waals surface area contributed by atoms with Crippen LogP contribution in [0.1, 0.15) is 36.4 Å². The van der Waals surface area contributed by atoms with E-state index in [1.165, 1.54) is 18.2 Å². The van der Waals surface area contributed by atoms with Crippen LogP contribution in [0.5, 0.6) is 0 Å². The second kappa shape index (κ2) is 10.9. The second-order valence-electron chi connectivity index (χ2n) is 9.04. The number of amides is 1. The van der Waals surface area contributed by atoms with E-state index in [9.17, 15) is 26.4 Å². The zero-order chi connectivity index (χ0) is 28.5. The van der Waals surface area contributed by atoms with E-state index in [0.717, 1.165) is 17.2 Å². The van der Waals surface area contributed by atoms with Gasteiger partial charge in [-0.1, -0.05) is 48.4 Å². The third-order valence-electron chi connectivity index (χ3n) is 6.01. The third-order valence-corrected chi connectivity index (χ3v) is 7.65. The highest BCUT2D eigenvalue weighted by Gasteiger charge is 2.34. The highest BCUT2D eigenvalue weighted by Crippen LogP contribution is 2.37. The standard InChI is InChI=1S/C27H25ClF3N3O4S/c1-4-25-32-23-14-21(27(29,30)31)22(28)15-24(23)34(25)19-9-7-18(8-10-19)13-17(3)38-26(35)33-39(36,37)20-11-5-16(2)6-12-20/h5-12,14-15,17H,4,13H2,1-3H3,(H,33,35). The summed E-state index contributed by atoms with van der Waals surface area (Å²) >= 11 is 5.96. The molecule has 0 aliphatic carbocycles. The lowest BCUT2D eigenvalue weighted by atomic mass is 10.1. The smallest absolute Gasteiger partial charge is 0.421 e. The molecule has 1 unspecified atom stereocenters. The van der Waals surface area contributed by atoms with Gasteiger partial charge in [0.05, 0.1) is 26.5 Å². The highest BCUT2D eigenvalue weighted by atomic mass is 35.5. The molecular formula is C27H25ClF3N3O4S. The Morgan fingerprint density at radius 2 is 1.74 bits per heavy atom. The number of carbonyl (C=O) groups is 1. The minimum absolute atomic E-state index is 0.0531. The topological polar surface area (TPSA) is 90.3 Å². The Hall–Kier alpha value is -3.57. The van der Waals surface area contributed by atoms with E-state index in [4.69, 9.17) is 16.3 Å². The molecule has 0 bridgehead atoms. The number of sulfonamides is 1. The first-order chi connectivity index (χ1) is 18.3. The number of hydrogen-bond donors (Lipinski definition) is 1. The molecule has 0 fully saturated rings. The van der Waals surface area contributed by atoms with Gasteiger partial charge < -0.3 is 4.74 Å². The summed E-state index contributed by atoms with van der Waals surface area (Å²) < 4.78 is 73.6. The van der Waals surface area contributed by atoms with Gasteiger partial charge in [0.2, 0.25) is 0 Å². The maximum atomic E-state index is 13.3. The van der Waals surface area contributed by atoms with Crippen LogP contribution >= 0.6 is 11.6 Å². The minimum Gasteiger partial charge on any atom is -0.445 e. The quantitative estimate of drug-likeness (QED) is 0.266. The third kappa shape index (κ3) is 6.36. The van der Waals surface area contributed by atoms with Crippen LogP contribution in [0.2, 0.25) is 5.02 Å². The van der Waals surface area contributed by atoms with Crippen molar-refractivity contribution in [2.24, 2.45) is 0 Å². The molecule has 7 nitrogen and oxygen atoms in total. The number of imidazole rings is 1. The fraction of sp³-hybridized carbons (Fsp3) is 0.259. The number of aromatic nitrogens is 2. The van der Waals surface area contributed by atoms with E-state index >= 15 is 0 Å². The summed E-state index contributed by atoms with van der Waals surface area (Å²) in [5.74, 6) is 0.566. The van der Waals surface area contributed by atoms with Crippen LogP contribution in [0.4, 0.5) is 18.0 Å². The lowest BCUT2D eigenvalue weighted by Gasteiger charge is -2.15. The molecule has 0 saturated heterocycles. The number of alkyl halides is 3. The zero-order valence-corrected chi connectivity index (χ0v) is 22.8. The molecular weight excluding hydrogens is 555 g/mol. The van der Waals surface area contributed by atoms with Crippen molar-refractivity contribution in [3.63, 3.8) is 0 Å². The summed E-state index contributed by atoms with van der Waals surface area (Å²) in [6.45, 7) is 5.29. The van der Waals surface area contributed by atoms with Gasteiger partial charge in [0.1, 0.15) is 11.9 Å². The van der Waals surface area contributed by atoms with Crippen LogP contribution < -0.4 is 4.72 Å². The molecule has 0 radical (unpaired) electrons. The molecule has 1 aromatic heterocycles. The molecule has 3 aromatic carbocycles. The van der Waals surface area contributed by atoms with E-state index < -0.39 is 39.0 Å². The highest BCUT2D eigenvalue weighted by molar-refractivity contribution is 7.90. The Labute approximate surface area is 228 Å². The number of benzene rings is 3. The average molecular weight is 580 g/mol. The zero-order valence-electron chi connectivity index (χ0n) is 21.2. The number of aryl methyl sites for hydroxylation is 2. The second-order valence-corrected chi connectivity index (χ2v) is 11.1. The summed E-state index contributed by atoms with van der Waals surface area (Å²) in [5, 5.41) is -0.413. The maximum Gasteiger partial charge on any atom is 0.421 e. The van der Waals surface area contributed by atoms with Crippen molar-refractivity contribution in [2.75, 3.05) is 0 Å². The SMILES string of the molecule is CCc1nc2cc(C(F)(F)F)c(Cl)cc2n1-c1ccc(CC(C)OC(=O)NS(=O)(=O)c2ccc(C)cc2)cc1. The van der Waals surface area contributed by atoms with Crippen molar-refractivity contribution >= 4 is 38.8 Å². The van der Waals surface area contributed by atoms with E-state index in [1.807, 2.05) is 18.6 Å². The Bertz CT molecular complexity index is 1620. The predicted molar refractivity (Wildman–Crippen MR) is 142 cm³/mol.